The van der Waals surface area contributed by atoms with Gasteiger partial charge in [0, 0.05) is 39.0 Å². The molecule has 3 rings (SSSR count). The van der Waals surface area contributed by atoms with Gasteiger partial charge in [0.1, 0.15) is 23.9 Å². The van der Waals surface area contributed by atoms with Crippen molar-refractivity contribution < 1.29 is 28.5 Å². The quantitative estimate of drug-likeness (QED) is 0.445. The highest BCUT2D eigenvalue weighted by Crippen LogP contribution is 2.13. The fraction of sp³-hybridized carbons (Fsp3) is 0.533. The van der Waals surface area contributed by atoms with Gasteiger partial charge in [-0.3, -0.25) is 24.0 Å². The summed E-state index contributed by atoms with van der Waals surface area (Å²) < 4.78 is 5.26. The standard InChI is InChI=1S/C30H42N6O6/c1-6-10-22-17-25(34-42-22)30(41)36-14-13-31-28(39)23(16-21-11-8-7-9-12-21)33-27(38)20(4)35(5)29(40)24(15-19(2)3)32-26(37)18-36/h7-9,11-12,17,19-20,23-24H,6,10,13-16,18H2,1-5H3,(H,31,39)(H,32,37)(H,33,38)/t20-,23-,24-/m0/s1. The molecule has 1 aromatic heterocycles. The molecule has 1 fully saturated rings. The molecule has 228 valence electrons. The SMILES string of the molecule is CCCc1cc(C(=O)N2CCNC(=O)[C@H](Cc3ccccc3)NC(=O)[C@H](C)N(C)C(=O)[C@H](CC(C)C)NC(=O)C2)no1. The Morgan fingerprint density at radius 2 is 1.79 bits per heavy atom. The van der Waals surface area contributed by atoms with E-state index >= 15 is 0 Å². The number of nitrogens with zero attached hydrogens (tertiary/aromatic N) is 3. The molecule has 42 heavy (non-hydrogen) atoms. The van der Waals surface area contributed by atoms with Crippen LogP contribution in [0.1, 0.15) is 62.3 Å². The van der Waals surface area contributed by atoms with E-state index in [1.807, 2.05) is 51.1 Å². The van der Waals surface area contributed by atoms with Crippen molar-refractivity contribution in [3.8, 4) is 0 Å². The summed E-state index contributed by atoms with van der Waals surface area (Å²) >= 11 is 0. The molecule has 0 bridgehead atoms. The van der Waals surface area contributed by atoms with E-state index in [1.165, 1.54) is 16.8 Å². The zero-order valence-corrected chi connectivity index (χ0v) is 25.0. The van der Waals surface area contributed by atoms with Gasteiger partial charge in [-0.2, -0.15) is 0 Å². The summed E-state index contributed by atoms with van der Waals surface area (Å²) in [7, 11) is 1.49. The first kappa shape index (κ1) is 32.3. The van der Waals surface area contributed by atoms with E-state index in [0.717, 1.165) is 12.0 Å². The molecule has 2 aromatic rings. The van der Waals surface area contributed by atoms with Crippen molar-refractivity contribution in [2.75, 3.05) is 26.7 Å². The summed E-state index contributed by atoms with van der Waals surface area (Å²) in [4.78, 5) is 69.2. The Labute approximate surface area is 246 Å². The average molecular weight is 583 g/mol. The van der Waals surface area contributed by atoms with E-state index in [2.05, 4.69) is 21.1 Å². The van der Waals surface area contributed by atoms with Gasteiger partial charge in [0.2, 0.25) is 23.6 Å². The summed E-state index contributed by atoms with van der Waals surface area (Å²) in [5.41, 5.74) is 0.888. The Hall–Kier alpha value is -4.22. The molecule has 2 heterocycles. The van der Waals surface area contributed by atoms with Crippen molar-refractivity contribution in [3.63, 3.8) is 0 Å². The molecule has 1 aliphatic rings. The Morgan fingerprint density at radius 1 is 1.07 bits per heavy atom. The number of aryl methyl sites for hydroxylation is 1. The van der Waals surface area contributed by atoms with Crippen molar-refractivity contribution in [2.24, 2.45) is 5.92 Å². The van der Waals surface area contributed by atoms with E-state index in [-0.39, 0.29) is 37.7 Å². The zero-order chi connectivity index (χ0) is 30.8. The second-order valence-corrected chi connectivity index (χ2v) is 11.1. The van der Waals surface area contributed by atoms with Gasteiger partial charge in [0.25, 0.3) is 5.91 Å². The lowest BCUT2D eigenvalue weighted by Gasteiger charge is -2.30. The molecular weight excluding hydrogens is 540 g/mol. The van der Waals surface area contributed by atoms with Crippen LogP contribution in [0, 0.1) is 5.92 Å². The van der Waals surface area contributed by atoms with Crippen molar-refractivity contribution in [1.29, 1.82) is 0 Å². The van der Waals surface area contributed by atoms with Crippen molar-refractivity contribution >= 4 is 29.5 Å². The molecule has 12 heteroatoms. The minimum Gasteiger partial charge on any atom is -0.361 e. The molecule has 0 radical (unpaired) electrons. The number of carbonyl (C=O) groups excluding carboxylic acids is 5. The molecule has 5 amide bonds. The number of aromatic nitrogens is 1. The lowest BCUT2D eigenvalue weighted by Crippen LogP contribution is -2.57. The number of nitrogens with one attached hydrogen (secondary N) is 3. The molecular formula is C30H42N6O6. The molecule has 1 saturated heterocycles. The number of carbonyl (C=O) groups is 5. The van der Waals surface area contributed by atoms with Crippen LogP contribution in [0.15, 0.2) is 40.9 Å². The maximum atomic E-state index is 13.5. The predicted octanol–water partition coefficient (Wildman–Crippen LogP) is 1.30. The Balaban J connectivity index is 1.92. The first-order valence-electron chi connectivity index (χ1n) is 14.4. The van der Waals surface area contributed by atoms with Crippen LogP contribution in [0.4, 0.5) is 0 Å². The maximum absolute atomic E-state index is 13.5. The molecule has 0 unspecified atom stereocenters. The summed E-state index contributed by atoms with van der Waals surface area (Å²) in [6, 6.07) is 8.04. The molecule has 12 nitrogen and oxygen atoms in total. The lowest BCUT2D eigenvalue weighted by atomic mass is 10.0. The van der Waals surface area contributed by atoms with E-state index in [9.17, 15) is 24.0 Å². The van der Waals surface area contributed by atoms with Crippen LogP contribution in [-0.2, 0) is 32.0 Å². The summed E-state index contributed by atoms with van der Waals surface area (Å²) in [6.07, 6.45) is 1.97. The van der Waals surface area contributed by atoms with Gasteiger partial charge in [0.05, 0.1) is 6.54 Å². The zero-order valence-electron chi connectivity index (χ0n) is 25.0. The fourth-order valence-corrected chi connectivity index (χ4v) is 4.70. The Kier molecular flexibility index (Phi) is 11.6. The fourth-order valence-electron chi connectivity index (χ4n) is 4.70. The maximum Gasteiger partial charge on any atom is 0.276 e. The van der Waals surface area contributed by atoms with E-state index in [1.54, 1.807) is 13.0 Å². The Bertz CT molecular complexity index is 1250. The number of amides is 5. The highest BCUT2D eigenvalue weighted by molar-refractivity contribution is 5.97. The van der Waals surface area contributed by atoms with Gasteiger partial charge in [-0.25, -0.2) is 0 Å². The summed E-state index contributed by atoms with van der Waals surface area (Å²) in [5.74, 6) is -1.88. The average Bonchev–Trinajstić information content (AvgIpc) is 3.43. The van der Waals surface area contributed by atoms with Crippen LogP contribution in [0.2, 0.25) is 0 Å². The Morgan fingerprint density at radius 3 is 2.45 bits per heavy atom. The van der Waals surface area contributed by atoms with Gasteiger partial charge in [-0.15, -0.1) is 0 Å². The number of rotatable bonds is 7. The first-order chi connectivity index (χ1) is 20.0. The van der Waals surface area contributed by atoms with Gasteiger partial charge >= 0.3 is 0 Å². The van der Waals surface area contributed by atoms with Gasteiger partial charge < -0.3 is 30.3 Å². The molecule has 3 atom stereocenters. The molecule has 3 N–H and O–H groups in total. The minimum absolute atomic E-state index is 0.0148. The number of hydrogen-bond donors (Lipinski definition) is 3. The van der Waals surface area contributed by atoms with Crippen molar-refractivity contribution in [2.45, 2.75) is 71.5 Å². The molecule has 1 aromatic carbocycles. The minimum atomic E-state index is -0.932. The molecule has 0 saturated carbocycles. The number of hydrogen-bond acceptors (Lipinski definition) is 7. The van der Waals surface area contributed by atoms with Gasteiger partial charge in [-0.1, -0.05) is 56.3 Å². The van der Waals surface area contributed by atoms with Crippen LogP contribution >= 0.6 is 0 Å². The molecule has 0 aliphatic carbocycles. The largest absolute Gasteiger partial charge is 0.361 e. The summed E-state index contributed by atoms with van der Waals surface area (Å²) in [6.45, 7) is 7.02. The third kappa shape index (κ3) is 8.89. The third-order valence-electron chi connectivity index (χ3n) is 7.14. The number of likely N-dealkylation sites (N-methyl/N-ethyl adjacent to an activating group) is 1. The van der Waals surface area contributed by atoms with E-state index < -0.39 is 47.7 Å². The smallest absolute Gasteiger partial charge is 0.276 e. The number of benzene rings is 1. The highest BCUT2D eigenvalue weighted by Gasteiger charge is 2.33. The van der Waals surface area contributed by atoms with E-state index in [0.29, 0.717) is 18.6 Å². The van der Waals surface area contributed by atoms with Crippen molar-refractivity contribution in [1.82, 2.24) is 30.9 Å². The molecule has 0 spiro atoms. The van der Waals surface area contributed by atoms with Gasteiger partial charge in [0.15, 0.2) is 5.69 Å². The third-order valence-corrected chi connectivity index (χ3v) is 7.14. The second kappa shape index (κ2) is 15.1. The van der Waals surface area contributed by atoms with Crippen LogP contribution in [0.5, 0.6) is 0 Å². The van der Waals surface area contributed by atoms with Crippen LogP contribution in [-0.4, -0.2) is 89.3 Å². The van der Waals surface area contributed by atoms with Gasteiger partial charge in [-0.05, 0) is 31.2 Å². The monoisotopic (exact) mass is 582 g/mol. The first-order valence-corrected chi connectivity index (χ1v) is 14.4. The van der Waals surface area contributed by atoms with Crippen LogP contribution < -0.4 is 16.0 Å². The normalized spacial score (nSPS) is 21.3. The van der Waals surface area contributed by atoms with Crippen molar-refractivity contribution in [3.05, 3.63) is 53.4 Å². The van der Waals surface area contributed by atoms with Crippen LogP contribution in [0.3, 0.4) is 0 Å². The van der Waals surface area contributed by atoms with E-state index in [4.69, 9.17) is 4.52 Å². The predicted molar refractivity (Wildman–Crippen MR) is 155 cm³/mol. The molecule has 1 aliphatic heterocycles. The summed E-state index contributed by atoms with van der Waals surface area (Å²) in [5, 5.41) is 12.2. The van der Waals surface area contributed by atoms with Crippen LogP contribution in [0.25, 0.3) is 0 Å². The highest BCUT2D eigenvalue weighted by atomic mass is 16.5. The second-order valence-electron chi connectivity index (χ2n) is 11.1. The lowest BCUT2D eigenvalue weighted by molar-refractivity contribution is -0.142. The topological polar surface area (TPSA) is 154 Å².